The van der Waals surface area contributed by atoms with Crippen molar-refractivity contribution in [3.8, 4) is 0 Å². The fourth-order valence-electron chi connectivity index (χ4n) is 1.53. The molecule has 0 aromatic carbocycles. The number of carboxylic acid groups (broad SMARTS) is 1. The Labute approximate surface area is 113 Å². The zero-order valence-corrected chi connectivity index (χ0v) is 11.7. The molecule has 0 radical (unpaired) electrons. The molecule has 0 saturated carbocycles. The number of carbonyl (C=O) groups is 1. The number of aromatic carboxylic acids is 1. The van der Waals surface area contributed by atoms with Gasteiger partial charge in [-0.15, -0.1) is 22.7 Å². The molecule has 0 aliphatic carbocycles. The first-order valence-corrected chi connectivity index (χ1v) is 7.07. The molecule has 0 fully saturated rings. The van der Waals surface area contributed by atoms with Crippen LogP contribution in [0.1, 0.15) is 26.1 Å². The number of aryl methyl sites for hydroxylation is 1. The van der Waals surface area contributed by atoms with Crippen LogP contribution in [-0.4, -0.2) is 33.0 Å². The summed E-state index contributed by atoms with van der Waals surface area (Å²) in [5.74, 6) is -0.966. The molecule has 7 heteroatoms. The van der Waals surface area contributed by atoms with Crippen LogP contribution in [0.4, 0.5) is 0 Å². The SMILES string of the molecule is Cc1ncsc1CN(C)Cc1csc(C(=O)O)n1. The van der Waals surface area contributed by atoms with Crippen LogP contribution in [0.2, 0.25) is 0 Å². The van der Waals surface area contributed by atoms with Crippen molar-refractivity contribution in [3.05, 3.63) is 32.2 Å². The maximum Gasteiger partial charge on any atom is 0.365 e. The molecule has 0 amide bonds. The third-order valence-electron chi connectivity index (χ3n) is 2.42. The zero-order valence-electron chi connectivity index (χ0n) is 10.1. The summed E-state index contributed by atoms with van der Waals surface area (Å²) >= 11 is 2.80. The maximum absolute atomic E-state index is 10.7. The first-order chi connectivity index (χ1) is 8.56. The van der Waals surface area contributed by atoms with Crippen LogP contribution in [0.3, 0.4) is 0 Å². The quantitative estimate of drug-likeness (QED) is 0.911. The summed E-state index contributed by atoms with van der Waals surface area (Å²) in [4.78, 5) is 22.3. The summed E-state index contributed by atoms with van der Waals surface area (Å²) < 4.78 is 0. The zero-order chi connectivity index (χ0) is 13.1. The third-order valence-corrected chi connectivity index (χ3v) is 4.22. The number of carboxylic acids is 1. The highest BCUT2D eigenvalue weighted by Gasteiger charge is 2.11. The van der Waals surface area contributed by atoms with E-state index in [9.17, 15) is 4.79 Å². The lowest BCUT2D eigenvalue weighted by Gasteiger charge is -2.14. The highest BCUT2D eigenvalue weighted by atomic mass is 32.1. The van der Waals surface area contributed by atoms with Gasteiger partial charge >= 0.3 is 5.97 Å². The minimum atomic E-state index is -0.966. The lowest BCUT2D eigenvalue weighted by molar-refractivity contribution is 0.0696. The van der Waals surface area contributed by atoms with E-state index in [-0.39, 0.29) is 5.01 Å². The van der Waals surface area contributed by atoms with Gasteiger partial charge in [0.25, 0.3) is 0 Å². The van der Waals surface area contributed by atoms with Crippen LogP contribution < -0.4 is 0 Å². The van der Waals surface area contributed by atoms with Crippen LogP contribution >= 0.6 is 22.7 Å². The third kappa shape index (κ3) is 3.12. The fraction of sp³-hybridized carbons (Fsp3) is 0.364. The van der Waals surface area contributed by atoms with Crippen molar-refractivity contribution in [1.82, 2.24) is 14.9 Å². The fourth-order valence-corrected chi connectivity index (χ4v) is 3.04. The van der Waals surface area contributed by atoms with Crippen molar-refractivity contribution in [3.63, 3.8) is 0 Å². The van der Waals surface area contributed by atoms with E-state index < -0.39 is 5.97 Å². The van der Waals surface area contributed by atoms with E-state index in [2.05, 4.69) is 14.9 Å². The first-order valence-electron chi connectivity index (χ1n) is 5.31. The number of hydrogen-bond donors (Lipinski definition) is 1. The standard InChI is InChI=1S/C11H13N3O2S2/c1-7-9(18-6-12-7)4-14(2)3-8-5-17-10(13-8)11(15)16/h5-6H,3-4H2,1-2H3,(H,15,16). The Kier molecular flexibility index (Phi) is 4.05. The molecule has 2 aromatic heterocycles. The van der Waals surface area contributed by atoms with Crippen molar-refractivity contribution >= 4 is 28.6 Å². The van der Waals surface area contributed by atoms with Gasteiger partial charge in [-0.05, 0) is 14.0 Å². The summed E-state index contributed by atoms with van der Waals surface area (Å²) in [6.07, 6.45) is 0. The molecule has 0 unspecified atom stereocenters. The van der Waals surface area contributed by atoms with Gasteiger partial charge in [0.05, 0.1) is 16.9 Å². The molecule has 18 heavy (non-hydrogen) atoms. The Morgan fingerprint density at radius 1 is 1.44 bits per heavy atom. The summed E-state index contributed by atoms with van der Waals surface area (Å²) in [7, 11) is 1.99. The van der Waals surface area contributed by atoms with E-state index in [4.69, 9.17) is 5.11 Å². The number of thiazole rings is 2. The molecule has 96 valence electrons. The van der Waals surface area contributed by atoms with E-state index in [0.717, 1.165) is 29.3 Å². The van der Waals surface area contributed by atoms with Crippen LogP contribution in [0.25, 0.3) is 0 Å². The van der Waals surface area contributed by atoms with Gasteiger partial charge in [-0.25, -0.2) is 14.8 Å². The first kappa shape index (κ1) is 13.1. The van der Waals surface area contributed by atoms with Gasteiger partial charge in [-0.1, -0.05) is 0 Å². The predicted octanol–water partition coefficient (Wildman–Crippen LogP) is 2.24. The van der Waals surface area contributed by atoms with E-state index in [1.807, 2.05) is 19.5 Å². The van der Waals surface area contributed by atoms with E-state index in [0.29, 0.717) is 6.54 Å². The molecular formula is C11H13N3O2S2. The van der Waals surface area contributed by atoms with Gasteiger partial charge in [-0.2, -0.15) is 0 Å². The topological polar surface area (TPSA) is 66.3 Å². The van der Waals surface area contributed by atoms with Crippen molar-refractivity contribution in [2.24, 2.45) is 0 Å². The molecule has 2 rings (SSSR count). The maximum atomic E-state index is 10.7. The molecule has 0 aliphatic rings. The highest BCUT2D eigenvalue weighted by molar-refractivity contribution is 7.11. The number of nitrogens with zero attached hydrogens (tertiary/aromatic N) is 3. The van der Waals surface area contributed by atoms with Crippen molar-refractivity contribution < 1.29 is 9.90 Å². The highest BCUT2D eigenvalue weighted by Crippen LogP contribution is 2.16. The normalized spacial score (nSPS) is 11.1. The predicted molar refractivity (Wildman–Crippen MR) is 71.1 cm³/mol. The van der Waals surface area contributed by atoms with Crippen molar-refractivity contribution in [2.45, 2.75) is 20.0 Å². The minimum absolute atomic E-state index is 0.146. The number of rotatable bonds is 5. The molecule has 0 bridgehead atoms. The summed E-state index contributed by atoms with van der Waals surface area (Å²) in [6, 6.07) is 0. The number of aromatic nitrogens is 2. The molecule has 1 N–H and O–H groups in total. The van der Waals surface area contributed by atoms with Gasteiger partial charge in [-0.3, -0.25) is 4.90 Å². The lowest BCUT2D eigenvalue weighted by atomic mass is 10.3. The molecule has 0 saturated heterocycles. The van der Waals surface area contributed by atoms with Gasteiger partial charge in [0.2, 0.25) is 5.01 Å². The van der Waals surface area contributed by atoms with Gasteiger partial charge in [0.15, 0.2) is 0 Å². The molecule has 2 heterocycles. The largest absolute Gasteiger partial charge is 0.476 e. The van der Waals surface area contributed by atoms with Crippen LogP contribution in [-0.2, 0) is 13.1 Å². The van der Waals surface area contributed by atoms with Crippen molar-refractivity contribution in [1.29, 1.82) is 0 Å². The van der Waals surface area contributed by atoms with Crippen LogP contribution in [0.15, 0.2) is 10.9 Å². The van der Waals surface area contributed by atoms with E-state index in [1.54, 1.807) is 16.7 Å². The summed E-state index contributed by atoms with van der Waals surface area (Å²) in [5, 5.41) is 10.7. The molecule has 0 aliphatic heterocycles. The lowest BCUT2D eigenvalue weighted by Crippen LogP contribution is -2.17. The Bertz CT molecular complexity index is 550. The molecule has 5 nitrogen and oxygen atoms in total. The van der Waals surface area contributed by atoms with Gasteiger partial charge in [0.1, 0.15) is 0 Å². The number of hydrogen-bond acceptors (Lipinski definition) is 6. The summed E-state index contributed by atoms with van der Waals surface area (Å²) in [6.45, 7) is 3.43. The van der Waals surface area contributed by atoms with E-state index >= 15 is 0 Å². The molecular weight excluding hydrogens is 270 g/mol. The average Bonchev–Trinajstić information content (AvgIpc) is 2.89. The van der Waals surface area contributed by atoms with Crippen LogP contribution in [0.5, 0.6) is 0 Å². The smallest absolute Gasteiger partial charge is 0.365 e. The molecule has 0 spiro atoms. The second-order valence-electron chi connectivity index (χ2n) is 3.98. The average molecular weight is 283 g/mol. The molecule has 0 atom stereocenters. The Balaban J connectivity index is 1.96. The monoisotopic (exact) mass is 283 g/mol. The van der Waals surface area contributed by atoms with Gasteiger partial charge < -0.3 is 5.11 Å². The minimum Gasteiger partial charge on any atom is -0.476 e. The van der Waals surface area contributed by atoms with Crippen LogP contribution in [0, 0.1) is 6.92 Å². The Hall–Kier alpha value is -1.31. The van der Waals surface area contributed by atoms with Gasteiger partial charge in [0, 0.05) is 23.3 Å². The summed E-state index contributed by atoms with van der Waals surface area (Å²) in [5.41, 5.74) is 3.68. The molecule has 2 aromatic rings. The Morgan fingerprint density at radius 3 is 2.78 bits per heavy atom. The Morgan fingerprint density at radius 2 is 2.22 bits per heavy atom. The second kappa shape index (κ2) is 5.55. The van der Waals surface area contributed by atoms with Crippen molar-refractivity contribution in [2.75, 3.05) is 7.05 Å². The van der Waals surface area contributed by atoms with E-state index in [1.165, 1.54) is 4.88 Å². The second-order valence-corrected chi connectivity index (χ2v) is 5.78.